The Morgan fingerprint density at radius 3 is 2.57 bits per heavy atom. The van der Waals surface area contributed by atoms with Crippen molar-refractivity contribution in [3.8, 4) is 0 Å². The van der Waals surface area contributed by atoms with Crippen LogP contribution in [0.3, 0.4) is 0 Å². The molecule has 35 heavy (non-hydrogen) atoms. The van der Waals surface area contributed by atoms with Gasteiger partial charge in [0.05, 0.1) is 16.5 Å². The molecule has 0 saturated carbocycles. The molecular formula is C26H28N4O4S. The number of carbonyl (C=O) groups is 1. The minimum absolute atomic E-state index is 0.0586. The number of benzene rings is 3. The van der Waals surface area contributed by atoms with E-state index in [2.05, 4.69) is 15.1 Å². The fourth-order valence-electron chi connectivity index (χ4n) is 5.09. The Morgan fingerprint density at radius 1 is 1.09 bits per heavy atom. The number of H-pyrrole nitrogens is 1. The van der Waals surface area contributed by atoms with E-state index in [1.54, 1.807) is 24.3 Å². The third-order valence-electron chi connectivity index (χ3n) is 6.63. The van der Waals surface area contributed by atoms with Gasteiger partial charge < -0.3 is 10.0 Å². The van der Waals surface area contributed by atoms with Crippen LogP contribution < -0.4 is 4.90 Å². The maximum Gasteiger partial charge on any atom is 0.408 e. The van der Waals surface area contributed by atoms with Gasteiger partial charge in [-0.25, -0.2) is 13.2 Å². The van der Waals surface area contributed by atoms with Crippen LogP contribution in [0.2, 0.25) is 0 Å². The largest absolute Gasteiger partial charge is 0.465 e. The van der Waals surface area contributed by atoms with E-state index in [-0.39, 0.29) is 16.0 Å². The van der Waals surface area contributed by atoms with Crippen molar-refractivity contribution in [2.75, 3.05) is 18.0 Å². The summed E-state index contributed by atoms with van der Waals surface area (Å²) in [7, 11) is -3.87. The highest BCUT2D eigenvalue weighted by atomic mass is 32.2. The lowest BCUT2D eigenvalue weighted by Gasteiger charge is -2.38. The SMILES string of the molecule is CC(C)(C)N(C(=O)O)[C@@H]1CCN(c2ccc3n[nH]c(S(=O)(=O)c4cccc5ccccc45)c3c2)C1. The minimum Gasteiger partial charge on any atom is -0.465 e. The van der Waals surface area contributed by atoms with Crippen molar-refractivity contribution < 1.29 is 18.3 Å². The minimum atomic E-state index is -3.87. The molecule has 0 bridgehead atoms. The average Bonchev–Trinajstić information content (AvgIpc) is 3.44. The standard InChI is InChI=1S/C26H28N4O4S/c1-26(2,3)30(25(31)32)19-13-14-29(16-19)18-11-12-22-21(15-18)24(28-27-22)35(33,34)23-10-6-8-17-7-4-5-9-20(17)23/h4-12,15,19H,13-14,16H2,1-3H3,(H,27,28)(H,31,32)/t19-/m1/s1. The van der Waals surface area contributed by atoms with Gasteiger partial charge in [0.25, 0.3) is 0 Å². The molecule has 0 radical (unpaired) electrons. The van der Waals surface area contributed by atoms with Crippen molar-refractivity contribution in [3.05, 3.63) is 60.7 Å². The number of amides is 1. The van der Waals surface area contributed by atoms with E-state index in [0.29, 0.717) is 35.8 Å². The molecule has 0 aliphatic carbocycles. The number of nitrogens with zero attached hydrogens (tertiary/aromatic N) is 3. The van der Waals surface area contributed by atoms with Gasteiger partial charge in [0, 0.05) is 35.1 Å². The van der Waals surface area contributed by atoms with Gasteiger partial charge in [0.1, 0.15) is 0 Å². The molecule has 9 heteroatoms. The van der Waals surface area contributed by atoms with E-state index < -0.39 is 21.5 Å². The van der Waals surface area contributed by atoms with E-state index in [9.17, 15) is 18.3 Å². The molecule has 1 atom stereocenters. The number of aromatic nitrogens is 2. The first kappa shape index (κ1) is 23.2. The summed E-state index contributed by atoms with van der Waals surface area (Å²) >= 11 is 0. The van der Waals surface area contributed by atoms with Crippen molar-refractivity contribution in [3.63, 3.8) is 0 Å². The first-order valence-corrected chi connectivity index (χ1v) is 13.0. The number of nitrogens with one attached hydrogen (secondary N) is 1. The van der Waals surface area contributed by atoms with E-state index in [1.165, 1.54) is 4.90 Å². The molecular weight excluding hydrogens is 464 g/mol. The Morgan fingerprint density at radius 2 is 1.83 bits per heavy atom. The fraction of sp³-hybridized carbons (Fsp3) is 0.308. The summed E-state index contributed by atoms with van der Waals surface area (Å²) in [6, 6.07) is 18.0. The summed E-state index contributed by atoms with van der Waals surface area (Å²) in [6.45, 7) is 6.90. The molecule has 1 saturated heterocycles. The second-order valence-electron chi connectivity index (χ2n) is 9.95. The van der Waals surface area contributed by atoms with Gasteiger partial charge in [-0.15, -0.1) is 0 Å². The number of rotatable bonds is 4. The van der Waals surface area contributed by atoms with Crippen molar-refractivity contribution in [1.82, 2.24) is 15.1 Å². The zero-order chi connectivity index (χ0) is 25.0. The molecule has 1 fully saturated rings. The predicted molar refractivity (Wildman–Crippen MR) is 136 cm³/mol. The zero-order valence-corrected chi connectivity index (χ0v) is 20.7. The number of carboxylic acid groups (broad SMARTS) is 1. The lowest BCUT2D eigenvalue weighted by Crippen LogP contribution is -2.52. The van der Waals surface area contributed by atoms with Crippen molar-refractivity contribution in [2.45, 2.75) is 48.7 Å². The lowest BCUT2D eigenvalue weighted by molar-refractivity contribution is 0.0763. The third-order valence-corrected chi connectivity index (χ3v) is 8.42. The summed E-state index contributed by atoms with van der Waals surface area (Å²) in [5, 5.41) is 18.9. The number of fused-ring (bicyclic) bond motifs is 2. The smallest absolute Gasteiger partial charge is 0.408 e. The summed E-state index contributed by atoms with van der Waals surface area (Å²) in [6.07, 6.45) is -0.230. The highest BCUT2D eigenvalue weighted by molar-refractivity contribution is 7.91. The molecule has 1 aliphatic heterocycles. The van der Waals surface area contributed by atoms with E-state index in [4.69, 9.17) is 0 Å². The Kier molecular flexibility index (Phi) is 5.47. The number of aromatic amines is 1. The predicted octanol–water partition coefficient (Wildman–Crippen LogP) is 4.91. The van der Waals surface area contributed by atoms with Crippen molar-refractivity contribution in [2.24, 2.45) is 0 Å². The average molecular weight is 493 g/mol. The summed E-state index contributed by atoms with van der Waals surface area (Å²) in [5.41, 5.74) is 0.890. The van der Waals surface area contributed by atoms with Gasteiger partial charge in [-0.2, -0.15) is 5.10 Å². The molecule has 8 nitrogen and oxygen atoms in total. The highest BCUT2D eigenvalue weighted by Gasteiger charge is 2.37. The first-order chi connectivity index (χ1) is 16.6. The maximum atomic E-state index is 13.7. The van der Waals surface area contributed by atoms with E-state index in [0.717, 1.165) is 11.1 Å². The molecule has 1 aliphatic rings. The van der Waals surface area contributed by atoms with E-state index >= 15 is 0 Å². The molecule has 0 spiro atoms. The number of anilines is 1. The van der Waals surface area contributed by atoms with Crippen LogP contribution >= 0.6 is 0 Å². The van der Waals surface area contributed by atoms with Crippen LogP contribution in [-0.2, 0) is 9.84 Å². The second-order valence-corrected chi connectivity index (χ2v) is 11.8. The maximum absolute atomic E-state index is 13.7. The monoisotopic (exact) mass is 492 g/mol. The van der Waals surface area contributed by atoms with Crippen molar-refractivity contribution >= 4 is 43.3 Å². The quantitative estimate of drug-likeness (QED) is 0.419. The molecule has 4 aromatic rings. The molecule has 2 N–H and O–H groups in total. The zero-order valence-electron chi connectivity index (χ0n) is 19.9. The number of sulfone groups is 1. The van der Waals surface area contributed by atoms with Crippen LogP contribution in [0.1, 0.15) is 27.2 Å². The Labute approximate surface area is 204 Å². The third kappa shape index (κ3) is 3.99. The fourth-order valence-corrected chi connectivity index (χ4v) is 6.67. The van der Waals surface area contributed by atoms with Gasteiger partial charge in [-0.3, -0.25) is 10.00 Å². The molecule has 1 aromatic heterocycles. The van der Waals surface area contributed by atoms with Crippen molar-refractivity contribution in [1.29, 1.82) is 0 Å². The van der Waals surface area contributed by atoms with Gasteiger partial charge in [0.15, 0.2) is 5.03 Å². The number of hydrogen-bond acceptors (Lipinski definition) is 5. The van der Waals surface area contributed by atoms with Crippen LogP contribution in [-0.4, -0.2) is 59.4 Å². The lowest BCUT2D eigenvalue weighted by atomic mass is 10.0. The topological polar surface area (TPSA) is 107 Å². The molecule has 1 amide bonds. The molecule has 5 rings (SSSR count). The molecule has 182 valence electrons. The van der Waals surface area contributed by atoms with Crippen LogP contribution in [0.5, 0.6) is 0 Å². The van der Waals surface area contributed by atoms with Gasteiger partial charge in [0.2, 0.25) is 9.84 Å². The molecule has 3 aromatic carbocycles. The Balaban J connectivity index is 1.52. The summed E-state index contributed by atoms with van der Waals surface area (Å²) in [5.74, 6) is 0. The van der Waals surface area contributed by atoms with Crippen LogP contribution in [0.4, 0.5) is 10.5 Å². The first-order valence-electron chi connectivity index (χ1n) is 11.6. The normalized spacial score (nSPS) is 16.8. The number of hydrogen-bond donors (Lipinski definition) is 2. The summed E-state index contributed by atoms with van der Waals surface area (Å²) < 4.78 is 27.5. The van der Waals surface area contributed by atoms with Crippen LogP contribution in [0, 0.1) is 0 Å². The molecule has 2 heterocycles. The van der Waals surface area contributed by atoms with E-state index in [1.807, 2.05) is 57.2 Å². The Bertz CT molecular complexity index is 1530. The van der Waals surface area contributed by atoms with Gasteiger partial charge >= 0.3 is 6.09 Å². The summed E-state index contributed by atoms with van der Waals surface area (Å²) in [4.78, 5) is 15.8. The van der Waals surface area contributed by atoms with Gasteiger partial charge in [-0.05, 0) is 56.8 Å². The Hall–Kier alpha value is -3.59. The molecule has 0 unspecified atom stereocenters. The van der Waals surface area contributed by atoms with Gasteiger partial charge in [-0.1, -0.05) is 36.4 Å². The second kappa shape index (κ2) is 8.27. The van der Waals surface area contributed by atoms with Crippen LogP contribution in [0.25, 0.3) is 21.7 Å². The highest BCUT2D eigenvalue weighted by Crippen LogP contribution is 2.34. The van der Waals surface area contributed by atoms with Crippen LogP contribution in [0.15, 0.2) is 70.6 Å².